The minimum absolute atomic E-state index is 0.743. The van der Waals surface area contributed by atoms with Gasteiger partial charge in [-0.2, -0.15) is 5.10 Å². The van der Waals surface area contributed by atoms with Crippen molar-refractivity contribution in [2.75, 3.05) is 0 Å². The van der Waals surface area contributed by atoms with Gasteiger partial charge >= 0.3 is 0 Å². The molecule has 0 unspecified atom stereocenters. The van der Waals surface area contributed by atoms with Crippen LogP contribution in [0, 0.1) is 0 Å². The molecular formula is C11H9ClN2. The van der Waals surface area contributed by atoms with Crippen molar-refractivity contribution in [1.29, 1.82) is 0 Å². The van der Waals surface area contributed by atoms with E-state index < -0.39 is 0 Å². The van der Waals surface area contributed by atoms with E-state index in [9.17, 15) is 0 Å². The first-order chi connectivity index (χ1) is 6.84. The molecule has 2 nitrogen and oxygen atoms in total. The molecule has 14 heavy (non-hydrogen) atoms. The Labute approximate surface area is 87.4 Å². The van der Waals surface area contributed by atoms with E-state index in [-0.39, 0.29) is 0 Å². The third-order valence-electron chi connectivity index (χ3n) is 1.79. The van der Waals surface area contributed by atoms with Crippen LogP contribution in [0.4, 0.5) is 0 Å². The van der Waals surface area contributed by atoms with Crippen molar-refractivity contribution in [3.05, 3.63) is 53.3 Å². The second kappa shape index (κ2) is 4.11. The highest BCUT2D eigenvalue weighted by Crippen LogP contribution is 2.11. The van der Waals surface area contributed by atoms with Crippen molar-refractivity contribution in [3.8, 4) is 0 Å². The lowest BCUT2D eigenvalue weighted by Gasteiger charge is -1.94. The average Bonchev–Trinajstić information content (AvgIpc) is 2.67. The zero-order valence-electron chi connectivity index (χ0n) is 7.47. The highest BCUT2D eigenvalue weighted by molar-refractivity contribution is 6.30. The number of hydrogen-bond acceptors (Lipinski definition) is 1. The summed E-state index contributed by atoms with van der Waals surface area (Å²) in [4.78, 5) is 0. The smallest absolute Gasteiger partial charge is 0.0493 e. The molecule has 3 heteroatoms. The van der Waals surface area contributed by atoms with Crippen LogP contribution in [-0.4, -0.2) is 9.78 Å². The average molecular weight is 205 g/mol. The summed E-state index contributed by atoms with van der Waals surface area (Å²) in [6, 6.07) is 9.55. The van der Waals surface area contributed by atoms with Gasteiger partial charge in [-0.1, -0.05) is 23.7 Å². The van der Waals surface area contributed by atoms with Crippen LogP contribution in [0.5, 0.6) is 0 Å². The summed E-state index contributed by atoms with van der Waals surface area (Å²) >= 11 is 5.85. The van der Waals surface area contributed by atoms with Gasteiger partial charge < -0.3 is 0 Å². The normalized spacial score (nSPS) is 10.9. The lowest BCUT2D eigenvalue weighted by molar-refractivity contribution is 0.938. The van der Waals surface area contributed by atoms with Gasteiger partial charge in [-0.05, 0) is 29.8 Å². The Hall–Kier alpha value is -1.54. The molecule has 0 N–H and O–H groups in total. The zero-order valence-corrected chi connectivity index (χ0v) is 8.22. The molecule has 1 heterocycles. The molecule has 1 aromatic heterocycles. The fraction of sp³-hybridized carbons (Fsp3) is 0. The van der Waals surface area contributed by atoms with Crippen molar-refractivity contribution in [2.45, 2.75) is 0 Å². The quantitative estimate of drug-likeness (QED) is 0.735. The van der Waals surface area contributed by atoms with E-state index in [1.807, 2.05) is 48.8 Å². The molecule has 0 spiro atoms. The van der Waals surface area contributed by atoms with E-state index >= 15 is 0 Å². The van der Waals surface area contributed by atoms with E-state index in [4.69, 9.17) is 11.6 Å². The zero-order chi connectivity index (χ0) is 9.80. The maximum Gasteiger partial charge on any atom is 0.0493 e. The molecule has 0 radical (unpaired) electrons. The van der Waals surface area contributed by atoms with Crippen LogP contribution in [-0.2, 0) is 0 Å². The van der Waals surface area contributed by atoms with Crippen molar-refractivity contribution >= 4 is 23.9 Å². The molecule has 0 aliphatic rings. The molecule has 0 bridgehead atoms. The SMILES string of the molecule is Clc1cccc(/C=C/n2cccn2)c1. The van der Waals surface area contributed by atoms with Crippen LogP contribution in [0.1, 0.15) is 5.56 Å². The van der Waals surface area contributed by atoms with Crippen molar-refractivity contribution < 1.29 is 0 Å². The third-order valence-corrected chi connectivity index (χ3v) is 2.03. The largest absolute Gasteiger partial charge is 0.248 e. The molecule has 0 saturated heterocycles. The number of benzene rings is 1. The van der Waals surface area contributed by atoms with E-state index in [2.05, 4.69) is 5.10 Å². The molecule has 0 aliphatic carbocycles. The monoisotopic (exact) mass is 204 g/mol. The highest BCUT2D eigenvalue weighted by Gasteiger charge is 1.88. The summed E-state index contributed by atoms with van der Waals surface area (Å²) < 4.78 is 1.74. The summed E-state index contributed by atoms with van der Waals surface area (Å²) in [7, 11) is 0. The summed E-state index contributed by atoms with van der Waals surface area (Å²) in [5, 5.41) is 4.79. The highest BCUT2D eigenvalue weighted by atomic mass is 35.5. The van der Waals surface area contributed by atoms with Gasteiger partial charge in [0.25, 0.3) is 0 Å². The molecule has 2 aromatic rings. The van der Waals surface area contributed by atoms with Gasteiger partial charge in [0.15, 0.2) is 0 Å². The number of nitrogens with zero attached hydrogens (tertiary/aromatic N) is 2. The fourth-order valence-electron chi connectivity index (χ4n) is 1.14. The van der Waals surface area contributed by atoms with E-state index in [0.29, 0.717) is 0 Å². The van der Waals surface area contributed by atoms with E-state index in [1.165, 1.54) is 0 Å². The van der Waals surface area contributed by atoms with Gasteiger partial charge in [0.2, 0.25) is 0 Å². The molecule has 0 fully saturated rings. The summed E-state index contributed by atoms with van der Waals surface area (Å²) in [6.07, 6.45) is 7.45. The number of rotatable bonds is 2. The standard InChI is InChI=1S/C11H9ClN2/c12-11-4-1-3-10(9-11)5-8-14-7-2-6-13-14/h1-9H/b8-5+. The minimum atomic E-state index is 0.743. The van der Waals surface area contributed by atoms with Gasteiger partial charge in [0.1, 0.15) is 0 Å². The van der Waals surface area contributed by atoms with Gasteiger partial charge in [-0.3, -0.25) is 0 Å². The van der Waals surface area contributed by atoms with Gasteiger partial charge in [0.05, 0.1) is 0 Å². The van der Waals surface area contributed by atoms with Crippen molar-refractivity contribution in [3.63, 3.8) is 0 Å². The van der Waals surface area contributed by atoms with Crippen molar-refractivity contribution in [2.24, 2.45) is 0 Å². The topological polar surface area (TPSA) is 17.8 Å². The molecule has 0 saturated carbocycles. The number of aromatic nitrogens is 2. The summed E-state index contributed by atoms with van der Waals surface area (Å²) in [5.74, 6) is 0. The number of halogens is 1. The van der Waals surface area contributed by atoms with Gasteiger partial charge in [0, 0.05) is 23.6 Å². The predicted octanol–water partition coefficient (Wildman–Crippen LogP) is 3.16. The van der Waals surface area contributed by atoms with Crippen LogP contribution in [0.3, 0.4) is 0 Å². The molecule has 70 valence electrons. The van der Waals surface area contributed by atoms with Crippen LogP contribution >= 0.6 is 11.6 Å². The summed E-state index contributed by atoms with van der Waals surface area (Å²) in [6.45, 7) is 0. The summed E-state index contributed by atoms with van der Waals surface area (Å²) in [5.41, 5.74) is 1.06. The molecule has 1 aromatic carbocycles. The first-order valence-corrected chi connectivity index (χ1v) is 4.65. The molecule has 0 aliphatic heterocycles. The minimum Gasteiger partial charge on any atom is -0.248 e. The fourth-order valence-corrected chi connectivity index (χ4v) is 1.34. The van der Waals surface area contributed by atoms with Crippen LogP contribution in [0.15, 0.2) is 42.7 Å². The Morgan fingerprint density at radius 2 is 2.21 bits per heavy atom. The maximum absolute atomic E-state index is 5.85. The van der Waals surface area contributed by atoms with Gasteiger partial charge in [-0.25, -0.2) is 4.68 Å². The first-order valence-electron chi connectivity index (χ1n) is 4.27. The molecule has 0 amide bonds. The molecule has 2 rings (SSSR count). The second-order valence-electron chi connectivity index (χ2n) is 2.86. The third kappa shape index (κ3) is 2.24. The Morgan fingerprint density at radius 1 is 1.29 bits per heavy atom. The lowest BCUT2D eigenvalue weighted by Crippen LogP contribution is -1.84. The van der Waals surface area contributed by atoms with Gasteiger partial charge in [-0.15, -0.1) is 0 Å². The number of hydrogen-bond donors (Lipinski definition) is 0. The van der Waals surface area contributed by atoms with Crippen LogP contribution in [0.25, 0.3) is 12.3 Å². The Kier molecular flexibility index (Phi) is 2.65. The van der Waals surface area contributed by atoms with Crippen LogP contribution < -0.4 is 0 Å². The van der Waals surface area contributed by atoms with E-state index in [0.717, 1.165) is 10.6 Å². The Bertz CT molecular complexity index is 432. The molecule has 0 atom stereocenters. The lowest BCUT2D eigenvalue weighted by atomic mass is 10.2. The van der Waals surface area contributed by atoms with Crippen molar-refractivity contribution in [1.82, 2.24) is 9.78 Å². The van der Waals surface area contributed by atoms with E-state index in [1.54, 1.807) is 10.9 Å². The molecular weight excluding hydrogens is 196 g/mol. The maximum atomic E-state index is 5.85. The Balaban J connectivity index is 2.18. The predicted molar refractivity (Wildman–Crippen MR) is 58.9 cm³/mol. The second-order valence-corrected chi connectivity index (χ2v) is 3.29. The Morgan fingerprint density at radius 3 is 2.93 bits per heavy atom. The first kappa shape index (κ1) is 9.03. The van der Waals surface area contributed by atoms with Crippen LogP contribution in [0.2, 0.25) is 5.02 Å².